The number of hydrogen-bond acceptors (Lipinski definition) is 4. The van der Waals surface area contributed by atoms with Crippen LogP contribution in [0.3, 0.4) is 0 Å². The molecule has 1 aliphatic carbocycles. The van der Waals surface area contributed by atoms with Crippen molar-refractivity contribution in [3.05, 3.63) is 29.2 Å². The van der Waals surface area contributed by atoms with Crippen molar-refractivity contribution in [3.8, 4) is 0 Å². The van der Waals surface area contributed by atoms with Crippen LogP contribution in [0, 0.1) is 5.92 Å². The molecule has 0 N–H and O–H groups in total. The third kappa shape index (κ3) is 3.45. The van der Waals surface area contributed by atoms with E-state index in [1.807, 2.05) is 4.52 Å². The van der Waals surface area contributed by atoms with Gasteiger partial charge in [0.1, 0.15) is 0 Å². The van der Waals surface area contributed by atoms with Crippen LogP contribution in [0.15, 0.2) is 12.1 Å². The molecule has 0 bridgehead atoms. The molecule has 0 aromatic carbocycles. The highest BCUT2D eigenvalue weighted by molar-refractivity contribution is 5.88. The molecule has 0 radical (unpaired) electrons. The topological polar surface area (TPSA) is 56.5 Å². The number of carbonyl (C=O) groups is 1. The Morgan fingerprint density at radius 3 is 2.75 bits per heavy atom. The fraction of sp³-hybridized carbons (Fsp3) is 0.632. The smallest absolute Gasteiger partial charge is 0.358 e. The van der Waals surface area contributed by atoms with Gasteiger partial charge in [0.2, 0.25) is 0 Å². The van der Waals surface area contributed by atoms with Crippen LogP contribution in [-0.2, 0) is 11.2 Å². The van der Waals surface area contributed by atoms with Crippen LogP contribution in [0.5, 0.6) is 0 Å². The average Bonchev–Trinajstić information content (AvgIpc) is 3.23. The number of esters is 1. The van der Waals surface area contributed by atoms with E-state index in [1.165, 1.54) is 25.7 Å². The first kappa shape index (κ1) is 16.9. The van der Waals surface area contributed by atoms with Crippen molar-refractivity contribution in [2.45, 2.75) is 65.2 Å². The molecule has 0 aliphatic heterocycles. The molecule has 0 saturated heterocycles. The van der Waals surface area contributed by atoms with Crippen LogP contribution in [-0.4, -0.2) is 27.2 Å². The van der Waals surface area contributed by atoms with E-state index in [2.05, 4.69) is 25.0 Å². The molecule has 130 valence electrons. The summed E-state index contributed by atoms with van der Waals surface area (Å²) in [6.45, 7) is 6.52. The summed E-state index contributed by atoms with van der Waals surface area (Å²) in [5.74, 6) is 0.736. The monoisotopic (exact) mass is 329 g/mol. The van der Waals surface area contributed by atoms with Crippen molar-refractivity contribution in [1.82, 2.24) is 14.6 Å². The molecule has 1 unspecified atom stereocenters. The Kier molecular flexibility index (Phi) is 5.17. The lowest BCUT2D eigenvalue weighted by atomic mass is 9.99. The van der Waals surface area contributed by atoms with E-state index in [0.29, 0.717) is 18.2 Å². The highest BCUT2D eigenvalue weighted by Crippen LogP contribution is 2.29. The fourth-order valence-electron chi connectivity index (χ4n) is 3.53. The van der Waals surface area contributed by atoms with Crippen LogP contribution in [0.25, 0.3) is 5.65 Å². The van der Waals surface area contributed by atoms with Gasteiger partial charge < -0.3 is 4.74 Å². The van der Waals surface area contributed by atoms with Crippen LogP contribution < -0.4 is 0 Å². The van der Waals surface area contributed by atoms with E-state index < -0.39 is 0 Å². The molecule has 1 fully saturated rings. The standard InChI is InChI=1S/C19H27N3O2/c1-4-13(3)17-11-15(10-14-8-6-7-9-14)20-18-12-16(21-22(17)18)19(23)24-5-2/h11-14H,4-10H2,1-3H3. The maximum atomic E-state index is 12.0. The minimum absolute atomic E-state index is 0.340. The Balaban J connectivity index is 1.99. The minimum atomic E-state index is -0.379. The van der Waals surface area contributed by atoms with E-state index in [0.717, 1.165) is 35.8 Å². The van der Waals surface area contributed by atoms with Crippen LogP contribution >= 0.6 is 0 Å². The van der Waals surface area contributed by atoms with Crippen molar-refractivity contribution in [3.63, 3.8) is 0 Å². The number of carbonyl (C=O) groups excluding carboxylic acids is 1. The summed E-state index contributed by atoms with van der Waals surface area (Å²) in [5.41, 5.74) is 3.35. The maximum Gasteiger partial charge on any atom is 0.358 e. The molecule has 2 heterocycles. The summed E-state index contributed by atoms with van der Waals surface area (Å²) in [6.07, 6.45) is 7.34. The maximum absolute atomic E-state index is 12.0. The van der Waals surface area contributed by atoms with E-state index in [1.54, 1.807) is 13.0 Å². The van der Waals surface area contributed by atoms with Gasteiger partial charge in [-0.2, -0.15) is 5.10 Å². The van der Waals surface area contributed by atoms with E-state index in [-0.39, 0.29) is 5.97 Å². The first-order chi connectivity index (χ1) is 11.6. The third-order valence-electron chi connectivity index (χ3n) is 5.08. The fourth-order valence-corrected chi connectivity index (χ4v) is 3.53. The van der Waals surface area contributed by atoms with Crippen LogP contribution in [0.1, 0.15) is 80.7 Å². The number of ether oxygens (including phenoxy) is 1. The Morgan fingerprint density at radius 1 is 1.33 bits per heavy atom. The zero-order valence-corrected chi connectivity index (χ0v) is 14.9. The Labute approximate surface area is 143 Å². The molecule has 5 heteroatoms. The summed E-state index contributed by atoms with van der Waals surface area (Å²) >= 11 is 0. The molecular formula is C19H27N3O2. The Bertz CT molecular complexity index is 717. The zero-order valence-electron chi connectivity index (χ0n) is 14.9. The van der Waals surface area contributed by atoms with Gasteiger partial charge in [-0.1, -0.05) is 39.5 Å². The molecular weight excluding hydrogens is 302 g/mol. The van der Waals surface area contributed by atoms with E-state index in [4.69, 9.17) is 9.72 Å². The zero-order chi connectivity index (χ0) is 17.1. The number of rotatable bonds is 6. The lowest BCUT2D eigenvalue weighted by Gasteiger charge is -2.14. The number of aromatic nitrogens is 3. The molecule has 3 rings (SSSR count). The van der Waals surface area contributed by atoms with Gasteiger partial charge in [0.05, 0.1) is 6.61 Å². The second-order valence-electron chi connectivity index (χ2n) is 6.86. The summed E-state index contributed by atoms with van der Waals surface area (Å²) in [4.78, 5) is 16.8. The molecule has 1 saturated carbocycles. The number of nitrogens with zero attached hydrogens (tertiary/aromatic N) is 3. The second kappa shape index (κ2) is 7.32. The molecule has 0 spiro atoms. The van der Waals surface area contributed by atoms with Crippen molar-refractivity contribution in [1.29, 1.82) is 0 Å². The first-order valence-corrected chi connectivity index (χ1v) is 9.19. The van der Waals surface area contributed by atoms with Crippen LogP contribution in [0.2, 0.25) is 0 Å². The van der Waals surface area contributed by atoms with Crippen molar-refractivity contribution in [2.75, 3.05) is 6.61 Å². The Morgan fingerprint density at radius 2 is 2.08 bits per heavy atom. The van der Waals surface area contributed by atoms with E-state index >= 15 is 0 Å². The highest BCUT2D eigenvalue weighted by Gasteiger charge is 2.20. The molecule has 1 atom stereocenters. The first-order valence-electron chi connectivity index (χ1n) is 9.19. The lowest BCUT2D eigenvalue weighted by molar-refractivity contribution is 0.0519. The molecule has 2 aromatic heterocycles. The quantitative estimate of drug-likeness (QED) is 0.747. The number of hydrogen-bond donors (Lipinski definition) is 0. The predicted molar refractivity (Wildman–Crippen MR) is 93.3 cm³/mol. The average molecular weight is 329 g/mol. The summed E-state index contributed by atoms with van der Waals surface area (Å²) in [7, 11) is 0. The van der Waals surface area contributed by atoms with E-state index in [9.17, 15) is 4.79 Å². The molecule has 0 amide bonds. The lowest BCUT2D eigenvalue weighted by Crippen LogP contribution is -2.10. The van der Waals surface area contributed by atoms with Gasteiger partial charge >= 0.3 is 5.97 Å². The molecule has 24 heavy (non-hydrogen) atoms. The summed E-state index contributed by atoms with van der Waals surface area (Å²) in [5, 5.41) is 4.45. The summed E-state index contributed by atoms with van der Waals surface area (Å²) < 4.78 is 6.90. The van der Waals surface area contributed by atoms with Crippen molar-refractivity contribution < 1.29 is 9.53 Å². The minimum Gasteiger partial charge on any atom is -0.461 e. The predicted octanol–water partition coefficient (Wildman–Crippen LogP) is 4.15. The molecule has 2 aromatic rings. The van der Waals surface area contributed by atoms with Gasteiger partial charge in [0.15, 0.2) is 11.3 Å². The van der Waals surface area contributed by atoms with Crippen LogP contribution in [0.4, 0.5) is 0 Å². The molecule has 5 nitrogen and oxygen atoms in total. The SMILES string of the molecule is CCOC(=O)c1cc2nc(CC3CCCC3)cc(C(C)CC)n2n1. The van der Waals surface area contributed by atoms with Gasteiger partial charge in [0.25, 0.3) is 0 Å². The largest absolute Gasteiger partial charge is 0.461 e. The van der Waals surface area contributed by atoms with Crippen molar-refractivity contribution >= 4 is 11.6 Å². The summed E-state index contributed by atoms with van der Waals surface area (Å²) in [6, 6.07) is 3.93. The van der Waals surface area contributed by atoms with Gasteiger partial charge in [0, 0.05) is 17.5 Å². The third-order valence-corrected chi connectivity index (χ3v) is 5.08. The normalized spacial score (nSPS) is 16.6. The second-order valence-corrected chi connectivity index (χ2v) is 6.86. The van der Waals surface area contributed by atoms with Gasteiger partial charge in [-0.15, -0.1) is 0 Å². The molecule has 1 aliphatic rings. The highest BCUT2D eigenvalue weighted by atomic mass is 16.5. The van der Waals surface area contributed by atoms with Gasteiger partial charge in [-0.05, 0) is 37.7 Å². The van der Waals surface area contributed by atoms with Gasteiger partial charge in [-0.25, -0.2) is 14.3 Å². The van der Waals surface area contributed by atoms with Crippen molar-refractivity contribution in [2.24, 2.45) is 5.92 Å². The Hall–Kier alpha value is -1.91. The van der Waals surface area contributed by atoms with Gasteiger partial charge in [-0.3, -0.25) is 0 Å². The number of fused-ring (bicyclic) bond motifs is 1.